The molecule has 0 heterocycles. The molecular formula is C13H6ClF2IN2O4. The molecule has 6 nitrogen and oxygen atoms in total. The molecule has 0 saturated heterocycles. The lowest BCUT2D eigenvalue weighted by molar-refractivity contribution is -0.387. The number of hydrogen-bond donors (Lipinski definition) is 2. The van der Waals surface area contributed by atoms with Crippen molar-refractivity contribution >= 4 is 57.2 Å². The van der Waals surface area contributed by atoms with E-state index in [-0.39, 0.29) is 10.7 Å². The Balaban J connectivity index is 2.63. The Morgan fingerprint density at radius 3 is 2.48 bits per heavy atom. The molecule has 2 N–H and O–H groups in total. The first-order valence-electron chi connectivity index (χ1n) is 5.84. The molecule has 0 unspecified atom stereocenters. The molecule has 10 heteroatoms. The molecule has 2 aromatic rings. The fourth-order valence-electron chi connectivity index (χ4n) is 1.76. The molecular weight excluding hydrogens is 449 g/mol. The Kier molecular flexibility index (Phi) is 5.00. The zero-order valence-electron chi connectivity index (χ0n) is 10.9. The van der Waals surface area contributed by atoms with Crippen LogP contribution in [0.25, 0.3) is 0 Å². The van der Waals surface area contributed by atoms with E-state index in [2.05, 4.69) is 5.32 Å². The van der Waals surface area contributed by atoms with E-state index in [0.717, 1.165) is 3.57 Å². The lowest BCUT2D eigenvalue weighted by Crippen LogP contribution is -2.09. The van der Waals surface area contributed by atoms with Crippen LogP contribution in [0, 0.1) is 25.3 Å². The van der Waals surface area contributed by atoms with Gasteiger partial charge in [0.15, 0.2) is 5.82 Å². The second-order valence-corrected chi connectivity index (χ2v) is 5.91. The molecule has 0 saturated carbocycles. The first-order chi connectivity index (χ1) is 10.7. The number of nitrogens with one attached hydrogen (secondary N) is 1. The summed E-state index contributed by atoms with van der Waals surface area (Å²) in [6.07, 6.45) is 0. The average molecular weight is 455 g/mol. The van der Waals surface area contributed by atoms with Gasteiger partial charge in [0.05, 0.1) is 26.9 Å². The molecule has 0 aliphatic rings. The topological polar surface area (TPSA) is 92.5 Å². The van der Waals surface area contributed by atoms with Crippen molar-refractivity contribution in [3.05, 3.63) is 60.2 Å². The van der Waals surface area contributed by atoms with Crippen molar-refractivity contribution < 1.29 is 23.6 Å². The molecule has 0 atom stereocenters. The average Bonchev–Trinajstić information content (AvgIpc) is 2.45. The first kappa shape index (κ1) is 17.3. The number of halogens is 4. The number of hydrogen-bond acceptors (Lipinski definition) is 4. The van der Waals surface area contributed by atoms with Gasteiger partial charge in [-0.3, -0.25) is 10.1 Å². The van der Waals surface area contributed by atoms with E-state index in [1.54, 1.807) is 6.07 Å². The molecule has 0 radical (unpaired) electrons. The highest BCUT2D eigenvalue weighted by Gasteiger charge is 2.28. The normalized spacial score (nSPS) is 10.4. The Labute approximate surface area is 146 Å². The van der Waals surface area contributed by atoms with Gasteiger partial charge in [0.1, 0.15) is 0 Å². The number of nitro benzene ring substituents is 1. The molecule has 0 aliphatic carbocycles. The zero-order chi connectivity index (χ0) is 17.3. The van der Waals surface area contributed by atoms with Gasteiger partial charge in [-0.05, 0) is 40.8 Å². The van der Waals surface area contributed by atoms with Gasteiger partial charge in [0.2, 0.25) is 5.82 Å². The second-order valence-electron chi connectivity index (χ2n) is 4.26. The Morgan fingerprint density at radius 1 is 1.30 bits per heavy atom. The number of nitro groups is 1. The quantitative estimate of drug-likeness (QED) is 0.401. The summed E-state index contributed by atoms with van der Waals surface area (Å²) in [7, 11) is 0. The minimum absolute atomic E-state index is 0.127. The molecule has 0 fully saturated rings. The van der Waals surface area contributed by atoms with E-state index >= 15 is 0 Å². The van der Waals surface area contributed by atoms with Crippen LogP contribution in [0.5, 0.6) is 0 Å². The highest BCUT2D eigenvalue weighted by atomic mass is 127. The maximum atomic E-state index is 14.1. The maximum absolute atomic E-state index is 14.1. The fraction of sp³-hybridized carbons (Fsp3) is 0. The summed E-state index contributed by atoms with van der Waals surface area (Å²) in [5, 5.41) is 22.3. The van der Waals surface area contributed by atoms with E-state index in [1.165, 1.54) is 12.1 Å². The van der Waals surface area contributed by atoms with Crippen LogP contribution in [-0.2, 0) is 0 Å². The molecule has 23 heavy (non-hydrogen) atoms. The zero-order valence-corrected chi connectivity index (χ0v) is 13.9. The summed E-state index contributed by atoms with van der Waals surface area (Å²) in [6, 6.07) is 5.01. The molecule has 2 rings (SSSR count). The molecule has 0 spiro atoms. The van der Waals surface area contributed by atoms with Gasteiger partial charge < -0.3 is 10.4 Å². The summed E-state index contributed by atoms with van der Waals surface area (Å²) >= 11 is 7.92. The van der Waals surface area contributed by atoms with Crippen molar-refractivity contribution in [1.82, 2.24) is 0 Å². The van der Waals surface area contributed by atoms with Crippen LogP contribution in [0.1, 0.15) is 10.4 Å². The number of carbonyl (C=O) groups is 1. The first-order valence-corrected chi connectivity index (χ1v) is 7.29. The van der Waals surface area contributed by atoms with Gasteiger partial charge in [-0.15, -0.1) is 0 Å². The highest BCUT2D eigenvalue weighted by molar-refractivity contribution is 14.1. The van der Waals surface area contributed by atoms with Crippen LogP contribution in [0.4, 0.5) is 25.8 Å². The summed E-state index contributed by atoms with van der Waals surface area (Å²) < 4.78 is 28.6. The maximum Gasteiger partial charge on any atom is 0.338 e. The third-order valence-electron chi connectivity index (χ3n) is 2.81. The summed E-state index contributed by atoms with van der Waals surface area (Å²) in [5.41, 5.74) is -2.67. The van der Waals surface area contributed by atoms with E-state index in [9.17, 15) is 23.7 Å². The van der Waals surface area contributed by atoms with Crippen LogP contribution in [-0.4, -0.2) is 16.0 Å². The van der Waals surface area contributed by atoms with E-state index in [4.69, 9.17) is 16.7 Å². The van der Waals surface area contributed by atoms with Crippen LogP contribution in [0.15, 0.2) is 24.3 Å². The van der Waals surface area contributed by atoms with Gasteiger partial charge in [-0.1, -0.05) is 11.6 Å². The predicted octanol–water partition coefficient (Wildman–Crippen LogP) is 4.57. The van der Waals surface area contributed by atoms with Crippen molar-refractivity contribution in [3.63, 3.8) is 0 Å². The second kappa shape index (κ2) is 6.62. The van der Waals surface area contributed by atoms with Crippen molar-refractivity contribution in [2.45, 2.75) is 0 Å². The van der Waals surface area contributed by atoms with Gasteiger partial charge in [-0.2, -0.15) is 4.39 Å². The summed E-state index contributed by atoms with van der Waals surface area (Å²) in [6.45, 7) is 0. The number of carboxylic acid groups (broad SMARTS) is 1. The Hall–Kier alpha value is -2.01. The lowest BCUT2D eigenvalue weighted by atomic mass is 10.1. The molecule has 0 aromatic heterocycles. The Bertz CT molecular complexity index is 832. The minimum atomic E-state index is -1.76. The van der Waals surface area contributed by atoms with E-state index < -0.39 is 39.5 Å². The number of carboxylic acids is 1. The number of nitrogens with zero attached hydrogens (tertiary/aromatic N) is 1. The van der Waals surface area contributed by atoms with Gasteiger partial charge in [0, 0.05) is 9.64 Å². The molecule has 0 bridgehead atoms. The van der Waals surface area contributed by atoms with Crippen LogP contribution in [0.3, 0.4) is 0 Å². The third kappa shape index (κ3) is 3.50. The molecule has 120 valence electrons. The molecule has 2 aromatic carbocycles. The van der Waals surface area contributed by atoms with Crippen molar-refractivity contribution in [1.29, 1.82) is 0 Å². The van der Waals surface area contributed by atoms with E-state index in [1.807, 2.05) is 22.6 Å². The van der Waals surface area contributed by atoms with Crippen molar-refractivity contribution in [2.75, 3.05) is 5.32 Å². The molecule has 0 amide bonds. The predicted molar refractivity (Wildman–Crippen MR) is 87.4 cm³/mol. The lowest BCUT2D eigenvalue weighted by Gasteiger charge is -2.13. The SMILES string of the molecule is O=C(O)c1cc([N+](=O)[O-])c(F)c(F)c1Nc1ccc(I)cc1Cl. The summed E-state index contributed by atoms with van der Waals surface area (Å²) in [5.74, 6) is -5.09. The van der Waals surface area contributed by atoms with Gasteiger partial charge in [-0.25, -0.2) is 9.18 Å². The largest absolute Gasteiger partial charge is 0.478 e. The minimum Gasteiger partial charge on any atom is -0.478 e. The standard InChI is InChI=1S/C13H6ClF2IN2O4/c14-7-3-5(17)1-2-8(7)18-12-6(13(20)21)4-9(19(22)23)10(15)11(12)16/h1-4,18H,(H,20,21). The van der Waals surface area contributed by atoms with Crippen LogP contribution >= 0.6 is 34.2 Å². The summed E-state index contributed by atoms with van der Waals surface area (Å²) in [4.78, 5) is 20.7. The fourth-order valence-corrected chi connectivity index (χ4v) is 2.66. The molecule has 0 aliphatic heterocycles. The van der Waals surface area contributed by atoms with Crippen molar-refractivity contribution in [3.8, 4) is 0 Å². The number of benzene rings is 2. The van der Waals surface area contributed by atoms with Crippen molar-refractivity contribution in [2.24, 2.45) is 0 Å². The number of anilines is 2. The van der Waals surface area contributed by atoms with Crippen LogP contribution in [0.2, 0.25) is 5.02 Å². The van der Waals surface area contributed by atoms with Gasteiger partial charge in [0.25, 0.3) is 0 Å². The number of rotatable bonds is 4. The number of aromatic carboxylic acids is 1. The van der Waals surface area contributed by atoms with E-state index in [0.29, 0.717) is 6.07 Å². The highest BCUT2D eigenvalue weighted by Crippen LogP contribution is 2.34. The smallest absolute Gasteiger partial charge is 0.338 e. The van der Waals surface area contributed by atoms with Gasteiger partial charge >= 0.3 is 11.7 Å². The Morgan fingerprint density at radius 2 is 1.96 bits per heavy atom. The third-order valence-corrected chi connectivity index (χ3v) is 3.79. The van der Waals surface area contributed by atoms with Crippen LogP contribution < -0.4 is 5.32 Å². The monoisotopic (exact) mass is 454 g/mol.